The Hall–Kier alpha value is -1.42. The third-order valence-electron chi connectivity index (χ3n) is 2.92. The summed E-state index contributed by atoms with van der Waals surface area (Å²) >= 11 is 0. The molecule has 4 nitrogen and oxygen atoms in total. The fourth-order valence-electron chi connectivity index (χ4n) is 2.16. The molecule has 1 fully saturated rings. The summed E-state index contributed by atoms with van der Waals surface area (Å²) in [7, 11) is 0. The van der Waals surface area contributed by atoms with E-state index in [1.54, 1.807) is 0 Å². The molecule has 1 amide bonds. The number of aryl methyl sites for hydroxylation is 2. The summed E-state index contributed by atoms with van der Waals surface area (Å²) in [4.78, 5) is 17.9. The number of carbonyl (C=O) groups is 1. The smallest absolute Gasteiger partial charge is 0.227 e. The van der Waals surface area contributed by atoms with Crippen LogP contribution in [0.3, 0.4) is 0 Å². The Morgan fingerprint density at radius 2 is 2.06 bits per heavy atom. The molecule has 0 aliphatic carbocycles. The van der Waals surface area contributed by atoms with Crippen molar-refractivity contribution in [3.8, 4) is 0 Å². The Morgan fingerprint density at radius 1 is 1.44 bits per heavy atom. The predicted octanol–water partition coefficient (Wildman–Crippen LogP) is 1.01. The molecule has 1 aliphatic heterocycles. The van der Waals surface area contributed by atoms with Crippen LogP contribution in [-0.4, -0.2) is 24.0 Å². The van der Waals surface area contributed by atoms with Gasteiger partial charge in [0.05, 0.1) is 0 Å². The average Bonchev–Trinajstić information content (AvgIpc) is 2.58. The van der Waals surface area contributed by atoms with Gasteiger partial charge in [0.1, 0.15) is 0 Å². The molecule has 1 saturated heterocycles. The quantitative estimate of drug-likeness (QED) is 0.807. The molecule has 0 spiro atoms. The summed E-state index contributed by atoms with van der Waals surface area (Å²) in [6, 6.07) is 3.90. The van der Waals surface area contributed by atoms with Crippen LogP contribution in [0.1, 0.15) is 17.8 Å². The fourth-order valence-corrected chi connectivity index (χ4v) is 2.16. The predicted molar refractivity (Wildman–Crippen MR) is 63.2 cm³/mol. The highest BCUT2D eigenvalue weighted by Gasteiger charge is 2.29. The number of aromatic nitrogens is 1. The third-order valence-corrected chi connectivity index (χ3v) is 2.92. The van der Waals surface area contributed by atoms with Gasteiger partial charge < -0.3 is 10.6 Å². The summed E-state index contributed by atoms with van der Waals surface area (Å²) in [5.41, 5.74) is 8.44. The standard InChI is InChI=1S/C12H17N3O/c1-8-3-11(4-9(2)14-8)15-7-10(6-13)5-12(15)16/h3-4,10H,5-7,13H2,1-2H3. The molecule has 0 bridgehead atoms. The van der Waals surface area contributed by atoms with E-state index in [0.717, 1.165) is 23.6 Å². The first-order valence-electron chi connectivity index (χ1n) is 5.56. The highest BCUT2D eigenvalue weighted by atomic mass is 16.2. The first-order valence-corrected chi connectivity index (χ1v) is 5.56. The molecule has 0 saturated carbocycles. The molecular formula is C12H17N3O. The van der Waals surface area contributed by atoms with Gasteiger partial charge in [-0.25, -0.2) is 0 Å². The average molecular weight is 219 g/mol. The molecule has 1 aromatic heterocycles. The van der Waals surface area contributed by atoms with Crippen LogP contribution in [0.4, 0.5) is 5.69 Å². The van der Waals surface area contributed by atoms with E-state index >= 15 is 0 Å². The van der Waals surface area contributed by atoms with Gasteiger partial charge in [0.2, 0.25) is 5.91 Å². The first-order chi connectivity index (χ1) is 7.60. The Morgan fingerprint density at radius 3 is 2.56 bits per heavy atom. The molecule has 4 heteroatoms. The lowest BCUT2D eigenvalue weighted by Gasteiger charge is -2.17. The van der Waals surface area contributed by atoms with Crippen LogP contribution in [-0.2, 0) is 4.79 Å². The number of pyridine rings is 1. The van der Waals surface area contributed by atoms with Gasteiger partial charge >= 0.3 is 0 Å². The number of nitrogens with two attached hydrogens (primary N) is 1. The first kappa shape index (κ1) is 11.1. The summed E-state index contributed by atoms with van der Waals surface area (Å²) < 4.78 is 0. The largest absolute Gasteiger partial charge is 0.330 e. The number of nitrogens with zero attached hydrogens (tertiary/aromatic N) is 2. The number of hydrogen-bond acceptors (Lipinski definition) is 3. The van der Waals surface area contributed by atoms with Gasteiger partial charge in [0.25, 0.3) is 0 Å². The van der Waals surface area contributed by atoms with E-state index in [-0.39, 0.29) is 5.91 Å². The number of hydrogen-bond donors (Lipinski definition) is 1. The van der Waals surface area contributed by atoms with E-state index in [0.29, 0.717) is 18.9 Å². The van der Waals surface area contributed by atoms with Crippen LogP contribution < -0.4 is 10.6 Å². The van der Waals surface area contributed by atoms with Crippen molar-refractivity contribution >= 4 is 11.6 Å². The van der Waals surface area contributed by atoms with Crippen molar-refractivity contribution < 1.29 is 4.79 Å². The normalized spacial score (nSPS) is 20.6. The van der Waals surface area contributed by atoms with E-state index in [4.69, 9.17) is 5.73 Å². The van der Waals surface area contributed by atoms with Crippen LogP contribution in [0, 0.1) is 19.8 Å². The van der Waals surface area contributed by atoms with Crippen molar-refractivity contribution in [2.75, 3.05) is 18.0 Å². The molecule has 1 aromatic rings. The van der Waals surface area contributed by atoms with E-state index in [1.807, 2.05) is 30.9 Å². The summed E-state index contributed by atoms with van der Waals surface area (Å²) in [6.45, 7) is 5.19. The van der Waals surface area contributed by atoms with Crippen LogP contribution in [0.5, 0.6) is 0 Å². The number of carbonyl (C=O) groups excluding carboxylic acids is 1. The Bertz CT molecular complexity index is 396. The zero-order chi connectivity index (χ0) is 11.7. The van der Waals surface area contributed by atoms with Crippen molar-refractivity contribution in [3.63, 3.8) is 0 Å². The van der Waals surface area contributed by atoms with Crippen molar-refractivity contribution in [1.82, 2.24) is 4.98 Å². The lowest BCUT2D eigenvalue weighted by atomic mass is 10.1. The maximum Gasteiger partial charge on any atom is 0.227 e. The van der Waals surface area contributed by atoms with Crippen molar-refractivity contribution in [2.24, 2.45) is 11.7 Å². The molecule has 0 aromatic carbocycles. The minimum Gasteiger partial charge on any atom is -0.330 e. The summed E-state index contributed by atoms with van der Waals surface area (Å²) in [5, 5.41) is 0. The zero-order valence-electron chi connectivity index (χ0n) is 9.73. The van der Waals surface area contributed by atoms with Crippen molar-refractivity contribution in [1.29, 1.82) is 0 Å². The minimum absolute atomic E-state index is 0.167. The second kappa shape index (κ2) is 4.22. The Labute approximate surface area is 95.5 Å². The monoisotopic (exact) mass is 219 g/mol. The molecule has 2 N–H and O–H groups in total. The topological polar surface area (TPSA) is 59.2 Å². The van der Waals surface area contributed by atoms with E-state index in [1.165, 1.54) is 0 Å². The number of anilines is 1. The van der Waals surface area contributed by atoms with E-state index in [2.05, 4.69) is 4.98 Å². The molecule has 2 rings (SSSR count). The van der Waals surface area contributed by atoms with Gasteiger partial charge in [0.15, 0.2) is 0 Å². The minimum atomic E-state index is 0.167. The molecule has 16 heavy (non-hydrogen) atoms. The van der Waals surface area contributed by atoms with Gasteiger partial charge in [-0.15, -0.1) is 0 Å². The van der Waals surface area contributed by atoms with Crippen molar-refractivity contribution in [2.45, 2.75) is 20.3 Å². The van der Waals surface area contributed by atoms with Crippen molar-refractivity contribution in [3.05, 3.63) is 23.5 Å². The van der Waals surface area contributed by atoms with E-state index < -0.39 is 0 Å². The Balaban J connectivity index is 2.27. The molecule has 1 unspecified atom stereocenters. The van der Waals surface area contributed by atoms with Crippen LogP contribution in [0.15, 0.2) is 12.1 Å². The van der Waals surface area contributed by atoms with Crippen LogP contribution in [0.25, 0.3) is 0 Å². The second-order valence-corrected chi connectivity index (χ2v) is 4.42. The Kier molecular flexibility index (Phi) is 2.92. The summed E-state index contributed by atoms with van der Waals surface area (Å²) in [6.07, 6.45) is 0.566. The molecule has 86 valence electrons. The molecule has 1 atom stereocenters. The fraction of sp³-hybridized carbons (Fsp3) is 0.500. The summed E-state index contributed by atoms with van der Waals surface area (Å²) in [5.74, 6) is 0.460. The van der Waals surface area contributed by atoms with Gasteiger partial charge in [-0.05, 0) is 38.4 Å². The lowest BCUT2D eigenvalue weighted by Crippen LogP contribution is -2.26. The van der Waals surface area contributed by atoms with E-state index in [9.17, 15) is 4.79 Å². The highest BCUT2D eigenvalue weighted by Crippen LogP contribution is 2.25. The van der Waals surface area contributed by atoms with Gasteiger partial charge in [0, 0.05) is 30.0 Å². The second-order valence-electron chi connectivity index (χ2n) is 4.42. The highest BCUT2D eigenvalue weighted by molar-refractivity contribution is 5.95. The number of rotatable bonds is 2. The molecular weight excluding hydrogens is 202 g/mol. The maximum atomic E-state index is 11.8. The molecule has 2 heterocycles. The maximum absolute atomic E-state index is 11.8. The van der Waals surface area contributed by atoms with Crippen LogP contribution >= 0.6 is 0 Å². The van der Waals surface area contributed by atoms with Crippen LogP contribution in [0.2, 0.25) is 0 Å². The SMILES string of the molecule is Cc1cc(N2CC(CN)CC2=O)cc(C)n1. The van der Waals surface area contributed by atoms with Gasteiger partial charge in [-0.3, -0.25) is 9.78 Å². The lowest BCUT2D eigenvalue weighted by molar-refractivity contribution is -0.117. The molecule has 0 radical (unpaired) electrons. The number of amides is 1. The zero-order valence-corrected chi connectivity index (χ0v) is 9.73. The van der Waals surface area contributed by atoms with Gasteiger partial charge in [-0.2, -0.15) is 0 Å². The molecule has 1 aliphatic rings. The third kappa shape index (κ3) is 2.07. The van der Waals surface area contributed by atoms with Gasteiger partial charge in [-0.1, -0.05) is 0 Å².